The number of hydrogen-bond acceptors (Lipinski definition) is 8. The molecule has 5 fully saturated rings. The number of benzene rings is 3. The molecule has 2 bridgehead atoms. The number of aromatic nitrogens is 2. The number of phenolic OH excluding ortho intramolecular Hbond substituents is 1. The van der Waals surface area contributed by atoms with E-state index in [1.54, 1.807) is 12.1 Å². The molecule has 1 saturated carbocycles. The fourth-order valence-corrected chi connectivity index (χ4v) is 8.79. The molecule has 0 radical (unpaired) electrons. The summed E-state index contributed by atoms with van der Waals surface area (Å²) < 4.78 is 45.3. The molecule has 2 unspecified atom stereocenters. The zero-order chi connectivity index (χ0) is 32.7. The number of phenols is 1. The highest BCUT2D eigenvalue weighted by Crippen LogP contribution is 2.48. The lowest BCUT2D eigenvalue weighted by atomic mass is 9.93. The highest BCUT2D eigenvalue weighted by molar-refractivity contribution is 6.33. The predicted molar refractivity (Wildman–Crippen MR) is 181 cm³/mol. The number of aromatic hydroxyl groups is 1. The van der Waals surface area contributed by atoms with E-state index in [1.165, 1.54) is 18.2 Å². The summed E-state index contributed by atoms with van der Waals surface area (Å²) in [5, 5.41) is 15.7. The third kappa shape index (κ3) is 5.14. The van der Waals surface area contributed by atoms with Crippen LogP contribution in [-0.2, 0) is 4.74 Å². The van der Waals surface area contributed by atoms with Crippen LogP contribution in [0.2, 0.25) is 5.02 Å². The first-order valence-electron chi connectivity index (χ1n) is 16.8. The van der Waals surface area contributed by atoms with Gasteiger partial charge in [0.25, 0.3) is 0 Å². The van der Waals surface area contributed by atoms with Crippen LogP contribution in [0.15, 0.2) is 30.3 Å². The average molecular weight is 672 g/mol. The fraction of sp³-hybridized carbons (Fsp3) is 0.459. The van der Waals surface area contributed by atoms with Crippen molar-refractivity contribution >= 4 is 39.1 Å². The number of terminal acetylenes is 1. The van der Waals surface area contributed by atoms with Crippen molar-refractivity contribution < 1.29 is 23.4 Å². The maximum absolute atomic E-state index is 17.0. The maximum Gasteiger partial charge on any atom is 0.319 e. The van der Waals surface area contributed by atoms with E-state index in [-0.39, 0.29) is 61.9 Å². The highest BCUT2D eigenvalue weighted by Gasteiger charge is 2.48. The molecule has 11 heteroatoms. The molecule has 4 saturated heterocycles. The summed E-state index contributed by atoms with van der Waals surface area (Å²) in [5.74, 6) is 2.39. The van der Waals surface area contributed by atoms with Crippen LogP contribution < -0.4 is 15.0 Å². The van der Waals surface area contributed by atoms with Crippen LogP contribution in [0.4, 0.5) is 14.6 Å². The van der Waals surface area contributed by atoms with E-state index < -0.39 is 11.6 Å². The highest BCUT2D eigenvalue weighted by atomic mass is 35.5. The van der Waals surface area contributed by atoms with Crippen LogP contribution in [-0.4, -0.2) is 84.6 Å². The number of rotatable bonds is 7. The Kier molecular flexibility index (Phi) is 7.21. The van der Waals surface area contributed by atoms with E-state index >= 15 is 8.78 Å². The van der Waals surface area contributed by atoms with E-state index in [0.29, 0.717) is 48.1 Å². The number of piperazine rings is 1. The van der Waals surface area contributed by atoms with E-state index in [0.717, 1.165) is 58.5 Å². The minimum absolute atomic E-state index is 0.00397. The first-order valence-corrected chi connectivity index (χ1v) is 17.2. The first kappa shape index (κ1) is 30.3. The fourth-order valence-electron chi connectivity index (χ4n) is 8.58. The summed E-state index contributed by atoms with van der Waals surface area (Å²) in [7, 11) is 0. The number of anilines is 1. The van der Waals surface area contributed by atoms with E-state index in [2.05, 4.69) is 26.0 Å². The van der Waals surface area contributed by atoms with Crippen molar-refractivity contribution in [1.82, 2.24) is 20.2 Å². The standard InChI is InChI=1S/C37H36ClF2N5O3/c1-2-26-29(38)6-3-20-9-25(46)10-27(31(20)26)32-30(39)11-28-34(33(32)40)42-36(43-35(28)45-14-23-4-5-24(15-45)41-23)48-19-37(7-8-37)18-44-12-21-16-47-17-22(21)13-44/h1,3,6,9-11,21-24,41,46H,4-5,7-8,12-19H2/t21-,22-,23?,24?/m0/s1. The normalized spacial score (nSPS) is 25.9. The number of ether oxygens (including phenoxy) is 2. The number of likely N-dealkylation sites (tertiary alicyclic amines) is 1. The van der Waals surface area contributed by atoms with Gasteiger partial charge in [0, 0.05) is 78.4 Å². The van der Waals surface area contributed by atoms with Gasteiger partial charge in [-0.3, -0.25) is 0 Å². The zero-order valence-corrected chi connectivity index (χ0v) is 27.2. The van der Waals surface area contributed by atoms with Crippen molar-refractivity contribution in [3.05, 3.63) is 52.6 Å². The molecular formula is C37H36ClF2N5O3. The van der Waals surface area contributed by atoms with E-state index in [9.17, 15) is 5.11 Å². The molecule has 1 aromatic heterocycles. The van der Waals surface area contributed by atoms with Crippen molar-refractivity contribution in [3.8, 4) is 35.2 Å². The minimum Gasteiger partial charge on any atom is -0.508 e. The Morgan fingerprint density at radius 2 is 1.81 bits per heavy atom. The van der Waals surface area contributed by atoms with Crippen LogP contribution in [0.25, 0.3) is 32.8 Å². The minimum atomic E-state index is -0.876. The molecule has 5 heterocycles. The summed E-state index contributed by atoms with van der Waals surface area (Å²) in [6.45, 7) is 6.47. The van der Waals surface area contributed by atoms with Gasteiger partial charge in [-0.15, -0.1) is 6.42 Å². The van der Waals surface area contributed by atoms with Crippen molar-refractivity contribution in [2.75, 3.05) is 57.4 Å². The Hall–Kier alpha value is -3.75. The number of nitrogens with one attached hydrogen (secondary N) is 1. The molecule has 0 amide bonds. The molecule has 5 aliphatic rings. The van der Waals surface area contributed by atoms with Crippen molar-refractivity contribution in [2.45, 2.75) is 37.8 Å². The molecular weight excluding hydrogens is 636 g/mol. The average Bonchev–Trinajstić information content (AvgIpc) is 3.31. The zero-order valence-electron chi connectivity index (χ0n) is 26.4. The van der Waals surface area contributed by atoms with Gasteiger partial charge in [-0.05, 0) is 55.3 Å². The van der Waals surface area contributed by atoms with Crippen molar-refractivity contribution in [3.63, 3.8) is 0 Å². The molecule has 48 heavy (non-hydrogen) atoms. The lowest BCUT2D eigenvalue weighted by molar-refractivity contribution is 0.131. The number of hydrogen-bond donors (Lipinski definition) is 2. The van der Waals surface area contributed by atoms with Gasteiger partial charge in [0.1, 0.15) is 22.9 Å². The van der Waals surface area contributed by atoms with Gasteiger partial charge in [0.2, 0.25) is 0 Å². The lowest BCUT2D eigenvalue weighted by Gasteiger charge is -2.34. The second kappa shape index (κ2) is 11.4. The largest absolute Gasteiger partial charge is 0.508 e. The summed E-state index contributed by atoms with van der Waals surface area (Å²) >= 11 is 6.44. The summed E-state index contributed by atoms with van der Waals surface area (Å²) in [5.41, 5.74) is -0.00603. The third-order valence-electron chi connectivity index (χ3n) is 11.2. The molecule has 0 spiro atoms. The summed E-state index contributed by atoms with van der Waals surface area (Å²) in [4.78, 5) is 14.1. The van der Waals surface area contributed by atoms with Gasteiger partial charge in [-0.2, -0.15) is 9.97 Å². The van der Waals surface area contributed by atoms with Crippen LogP contribution in [0.5, 0.6) is 11.8 Å². The number of nitrogens with zero attached hydrogens (tertiary/aromatic N) is 4. The Labute approximate surface area is 282 Å². The smallest absolute Gasteiger partial charge is 0.319 e. The second-order valence-electron chi connectivity index (χ2n) is 14.5. The Morgan fingerprint density at radius 3 is 2.52 bits per heavy atom. The lowest BCUT2D eigenvalue weighted by Crippen LogP contribution is -2.51. The molecule has 4 aromatic rings. The van der Waals surface area contributed by atoms with Crippen LogP contribution in [0, 0.1) is 41.2 Å². The first-order chi connectivity index (χ1) is 23.3. The monoisotopic (exact) mass is 671 g/mol. The molecule has 1 aliphatic carbocycles. The Bertz CT molecular complexity index is 1990. The summed E-state index contributed by atoms with van der Waals surface area (Å²) in [6, 6.07) is 8.00. The van der Waals surface area contributed by atoms with Crippen LogP contribution in [0.1, 0.15) is 31.2 Å². The summed E-state index contributed by atoms with van der Waals surface area (Å²) in [6.07, 6.45) is 10.00. The molecule has 248 valence electrons. The number of halogens is 3. The molecule has 3 aromatic carbocycles. The molecule has 4 atom stereocenters. The SMILES string of the molecule is C#Cc1c(Cl)ccc2cc(O)cc(-c3c(F)cc4c(N5CC6CCC(C5)N6)nc(OCC5(CN6C[C@H]7COC[C@@H]7C6)CC5)nc4c3F)c12. The predicted octanol–water partition coefficient (Wildman–Crippen LogP) is 5.75. The quantitative estimate of drug-likeness (QED) is 0.241. The second-order valence-corrected chi connectivity index (χ2v) is 14.9. The molecule has 8 nitrogen and oxygen atoms in total. The molecule has 2 N–H and O–H groups in total. The van der Waals surface area contributed by atoms with Crippen molar-refractivity contribution in [2.24, 2.45) is 17.3 Å². The topological polar surface area (TPSA) is 83.0 Å². The van der Waals surface area contributed by atoms with Gasteiger partial charge < -0.3 is 29.7 Å². The number of fused-ring (bicyclic) bond motifs is 5. The van der Waals surface area contributed by atoms with Gasteiger partial charge in [0.05, 0.1) is 36.0 Å². The van der Waals surface area contributed by atoms with Gasteiger partial charge in [-0.25, -0.2) is 8.78 Å². The molecule has 4 aliphatic heterocycles. The van der Waals surface area contributed by atoms with E-state index in [4.69, 9.17) is 32.5 Å². The Balaban J connectivity index is 1.13. The van der Waals surface area contributed by atoms with Gasteiger partial charge in [-0.1, -0.05) is 23.6 Å². The third-order valence-corrected chi connectivity index (χ3v) is 11.5. The van der Waals surface area contributed by atoms with Crippen LogP contribution in [0.3, 0.4) is 0 Å². The Morgan fingerprint density at radius 1 is 1.06 bits per heavy atom. The van der Waals surface area contributed by atoms with Crippen molar-refractivity contribution in [1.29, 1.82) is 0 Å². The van der Waals surface area contributed by atoms with Crippen LogP contribution >= 0.6 is 11.6 Å². The molecule has 9 rings (SSSR count). The van der Waals surface area contributed by atoms with E-state index in [1.807, 2.05) is 0 Å². The van der Waals surface area contributed by atoms with Gasteiger partial charge in [0.15, 0.2) is 5.82 Å². The van der Waals surface area contributed by atoms with Gasteiger partial charge >= 0.3 is 6.01 Å². The maximum atomic E-state index is 17.0.